The molecule has 2 aromatic rings. The van der Waals surface area contributed by atoms with E-state index in [0.717, 1.165) is 16.3 Å². The van der Waals surface area contributed by atoms with Crippen LogP contribution in [0.4, 0.5) is 0 Å². The van der Waals surface area contributed by atoms with Crippen molar-refractivity contribution in [3.63, 3.8) is 0 Å². The van der Waals surface area contributed by atoms with E-state index >= 15 is 0 Å². The lowest BCUT2D eigenvalue weighted by molar-refractivity contribution is -0.135. The zero-order valence-corrected chi connectivity index (χ0v) is 12.1. The first-order valence-corrected chi connectivity index (χ1v) is 6.63. The molecule has 2 rings (SSSR count). The Kier molecular flexibility index (Phi) is 4.25. The fourth-order valence-electron chi connectivity index (χ4n) is 2.24. The molecule has 1 amide bonds. The summed E-state index contributed by atoms with van der Waals surface area (Å²) in [6.07, 6.45) is -0.531. The van der Waals surface area contributed by atoms with Gasteiger partial charge in [0.2, 0.25) is 0 Å². The highest BCUT2D eigenvalue weighted by Gasteiger charge is 2.18. The second-order valence-electron chi connectivity index (χ2n) is 4.96. The van der Waals surface area contributed by atoms with Crippen LogP contribution in [0.3, 0.4) is 0 Å². The number of likely N-dealkylation sites (N-methyl/N-ethyl adjacent to an activating group) is 1. The summed E-state index contributed by atoms with van der Waals surface area (Å²) in [4.78, 5) is 13.4. The molecule has 4 heteroatoms. The van der Waals surface area contributed by atoms with Crippen molar-refractivity contribution in [1.82, 2.24) is 4.90 Å². The van der Waals surface area contributed by atoms with E-state index < -0.39 is 6.10 Å². The normalized spacial score (nSPS) is 12.2. The number of hydrogen-bond acceptors (Lipinski definition) is 3. The molecular formula is C16H20N2O2. The number of ether oxygens (including phenoxy) is 1. The number of carbonyl (C=O) groups excluding carboxylic acids is 1. The van der Waals surface area contributed by atoms with Crippen LogP contribution in [0.2, 0.25) is 0 Å². The molecule has 0 radical (unpaired) electrons. The van der Waals surface area contributed by atoms with Gasteiger partial charge in [-0.15, -0.1) is 0 Å². The van der Waals surface area contributed by atoms with Crippen LogP contribution in [-0.2, 0) is 11.3 Å². The molecule has 0 saturated carbocycles. The molecule has 0 spiro atoms. The first-order chi connectivity index (χ1) is 9.54. The van der Waals surface area contributed by atoms with Crippen LogP contribution in [0.1, 0.15) is 12.5 Å². The Bertz CT molecular complexity index is 623. The zero-order chi connectivity index (χ0) is 14.7. The van der Waals surface area contributed by atoms with Crippen molar-refractivity contribution >= 4 is 16.7 Å². The maximum atomic E-state index is 11.9. The van der Waals surface area contributed by atoms with Gasteiger partial charge in [0.25, 0.3) is 5.91 Å². The number of fused-ring (bicyclic) bond motifs is 1. The number of hydrogen-bond donors (Lipinski definition) is 1. The first kappa shape index (κ1) is 14.3. The molecule has 4 nitrogen and oxygen atoms in total. The van der Waals surface area contributed by atoms with Crippen LogP contribution in [-0.4, -0.2) is 31.0 Å². The van der Waals surface area contributed by atoms with Crippen molar-refractivity contribution in [3.05, 3.63) is 42.0 Å². The van der Waals surface area contributed by atoms with E-state index in [2.05, 4.69) is 0 Å². The minimum atomic E-state index is -0.531. The van der Waals surface area contributed by atoms with E-state index in [4.69, 9.17) is 10.5 Å². The summed E-state index contributed by atoms with van der Waals surface area (Å²) in [5.41, 5.74) is 6.78. The summed E-state index contributed by atoms with van der Waals surface area (Å²) >= 11 is 0. The van der Waals surface area contributed by atoms with Crippen LogP contribution in [0.25, 0.3) is 10.8 Å². The molecule has 20 heavy (non-hydrogen) atoms. The monoisotopic (exact) mass is 272 g/mol. The molecular weight excluding hydrogens is 252 g/mol. The van der Waals surface area contributed by atoms with Gasteiger partial charge in [0, 0.05) is 26.2 Å². The van der Waals surface area contributed by atoms with Gasteiger partial charge < -0.3 is 15.4 Å². The standard InChI is InChI=1S/C16H20N2O2/c1-11(16(19)18(2)3)20-15-9-8-12-6-4-5-7-13(12)14(15)10-17/h4-9,11H,10,17H2,1-3H3. The molecule has 0 heterocycles. The van der Waals surface area contributed by atoms with Gasteiger partial charge in [-0.2, -0.15) is 0 Å². The molecule has 0 aliphatic carbocycles. The average molecular weight is 272 g/mol. The fraction of sp³-hybridized carbons (Fsp3) is 0.312. The summed E-state index contributed by atoms with van der Waals surface area (Å²) in [6, 6.07) is 11.9. The maximum absolute atomic E-state index is 11.9. The van der Waals surface area contributed by atoms with Gasteiger partial charge in [0.1, 0.15) is 5.75 Å². The highest BCUT2D eigenvalue weighted by molar-refractivity contribution is 5.88. The SMILES string of the molecule is CC(Oc1ccc2ccccc2c1CN)C(=O)N(C)C. The van der Waals surface area contributed by atoms with E-state index in [9.17, 15) is 4.79 Å². The van der Waals surface area contributed by atoms with Gasteiger partial charge in [-0.25, -0.2) is 0 Å². The third-order valence-corrected chi connectivity index (χ3v) is 3.29. The molecule has 2 aromatic carbocycles. The minimum absolute atomic E-state index is 0.0684. The average Bonchev–Trinajstić information content (AvgIpc) is 2.45. The Hall–Kier alpha value is -2.07. The van der Waals surface area contributed by atoms with Gasteiger partial charge in [-0.3, -0.25) is 4.79 Å². The van der Waals surface area contributed by atoms with E-state index in [1.165, 1.54) is 4.90 Å². The Labute approximate surface area is 119 Å². The van der Waals surface area contributed by atoms with E-state index in [1.54, 1.807) is 21.0 Å². The second-order valence-corrected chi connectivity index (χ2v) is 4.96. The Morgan fingerprint density at radius 1 is 1.25 bits per heavy atom. The van der Waals surface area contributed by atoms with Crippen molar-refractivity contribution in [2.75, 3.05) is 14.1 Å². The summed E-state index contributed by atoms with van der Waals surface area (Å²) in [7, 11) is 3.43. The predicted molar refractivity (Wildman–Crippen MR) is 80.6 cm³/mol. The van der Waals surface area contributed by atoms with Crippen molar-refractivity contribution in [2.45, 2.75) is 19.6 Å². The number of nitrogens with zero attached hydrogens (tertiary/aromatic N) is 1. The number of amides is 1. The van der Waals surface area contributed by atoms with Gasteiger partial charge in [0.15, 0.2) is 6.10 Å². The molecule has 0 aliphatic rings. The Morgan fingerprint density at radius 2 is 1.95 bits per heavy atom. The molecule has 0 aliphatic heterocycles. The van der Waals surface area contributed by atoms with Crippen molar-refractivity contribution < 1.29 is 9.53 Å². The third kappa shape index (κ3) is 2.75. The van der Waals surface area contributed by atoms with Gasteiger partial charge in [-0.1, -0.05) is 30.3 Å². The Balaban J connectivity index is 2.37. The number of benzene rings is 2. The van der Waals surface area contributed by atoms with Crippen LogP contribution in [0.15, 0.2) is 36.4 Å². The van der Waals surface area contributed by atoms with Crippen LogP contribution in [0, 0.1) is 0 Å². The van der Waals surface area contributed by atoms with E-state index in [0.29, 0.717) is 12.3 Å². The van der Waals surface area contributed by atoms with Crippen molar-refractivity contribution in [3.8, 4) is 5.75 Å². The largest absolute Gasteiger partial charge is 0.481 e. The van der Waals surface area contributed by atoms with Crippen molar-refractivity contribution in [2.24, 2.45) is 5.73 Å². The predicted octanol–water partition coefficient (Wildman–Crippen LogP) is 2.15. The van der Waals surface area contributed by atoms with Crippen molar-refractivity contribution in [1.29, 1.82) is 0 Å². The lowest BCUT2D eigenvalue weighted by Crippen LogP contribution is -2.35. The van der Waals surface area contributed by atoms with Crippen LogP contribution in [0.5, 0.6) is 5.75 Å². The number of rotatable bonds is 4. The maximum Gasteiger partial charge on any atom is 0.262 e. The number of nitrogens with two attached hydrogens (primary N) is 1. The highest BCUT2D eigenvalue weighted by atomic mass is 16.5. The highest BCUT2D eigenvalue weighted by Crippen LogP contribution is 2.28. The molecule has 106 valence electrons. The molecule has 0 bridgehead atoms. The van der Waals surface area contributed by atoms with Crippen LogP contribution >= 0.6 is 0 Å². The molecule has 0 saturated heterocycles. The molecule has 1 unspecified atom stereocenters. The molecule has 0 fully saturated rings. The van der Waals surface area contributed by atoms with Gasteiger partial charge >= 0.3 is 0 Å². The zero-order valence-electron chi connectivity index (χ0n) is 12.1. The Morgan fingerprint density at radius 3 is 2.60 bits per heavy atom. The summed E-state index contributed by atoms with van der Waals surface area (Å²) in [5, 5.41) is 2.18. The third-order valence-electron chi connectivity index (χ3n) is 3.29. The minimum Gasteiger partial charge on any atom is -0.481 e. The smallest absolute Gasteiger partial charge is 0.262 e. The molecule has 0 aromatic heterocycles. The lowest BCUT2D eigenvalue weighted by Gasteiger charge is -2.20. The molecule has 1 atom stereocenters. The first-order valence-electron chi connectivity index (χ1n) is 6.63. The topological polar surface area (TPSA) is 55.6 Å². The molecule has 2 N–H and O–H groups in total. The summed E-state index contributed by atoms with van der Waals surface area (Å²) in [5.74, 6) is 0.607. The fourth-order valence-corrected chi connectivity index (χ4v) is 2.24. The lowest BCUT2D eigenvalue weighted by atomic mass is 10.0. The van der Waals surface area contributed by atoms with Crippen LogP contribution < -0.4 is 10.5 Å². The summed E-state index contributed by atoms with van der Waals surface area (Å²) in [6.45, 7) is 2.12. The second kappa shape index (κ2) is 5.92. The summed E-state index contributed by atoms with van der Waals surface area (Å²) < 4.78 is 5.80. The van der Waals surface area contributed by atoms with E-state index in [1.807, 2.05) is 36.4 Å². The quantitative estimate of drug-likeness (QED) is 0.928. The van der Waals surface area contributed by atoms with Gasteiger partial charge in [0.05, 0.1) is 0 Å². The van der Waals surface area contributed by atoms with E-state index in [-0.39, 0.29) is 5.91 Å². The van der Waals surface area contributed by atoms with Gasteiger partial charge in [-0.05, 0) is 23.8 Å². The number of carbonyl (C=O) groups is 1.